The number of fused-ring (bicyclic) bond motifs is 1. The van der Waals surface area contributed by atoms with Gasteiger partial charge in [-0.15, -0.1) is 0 Å². The number of hydrogen-bond acceptors (Lipinski definition) is 5. The van der Waals surface area contributed by atoms with Crippen LogP contribution in [-0.2, 0) is 15.8 Å². The van der Waals surface area contributed by atoms with Crippen molar-refractivity contribution in [2.75, 3.05) is 7.11 Å². The quantitative estimate of drug-likeness (QED) is 0.696. The Hall–Kier alpha value is -3.15. The molecule has 0 radical (unpaired) electrons. The minimum absolute atomic E-state index is 0.199. The molecule has 0 fully saturated rings. The molecule has 1 aromatic heterocycles. The monoisotopic (exact) mass is 369 g/mol. The molecule has 0 unspecified atom stereocenters. The Kier molecular flexibility index (Phi) is 4.75. The number of nitrogens with zero attached hydrogens (tertiary/aromatic N) is 2. The lowest BCUT2D eigenvalue weighted by molar-refractivity contribution is 0.415. The highest BCUT2D eigenvalue weighted by Gasteiger charge is 2.12. The molecule has 132 valence electrons. The zero-order valence-corrected chi connectivity index (χ0v) is 14.7. The molecule has 3 aromatic rings. The van der Waals surface area contributed by atoms with Crippen LogP contribution >= 0.6 is 0 Å². The van der Waals surface area contributed by atoms with Gasteiger partial charge in [-0.25, -0.2) is 18.4 Å². The maximum absolute atomic E-state index is 11.2. The van der Waals surface area contributed by atoms with E-state index in [1.807, 2.05) is 6.07 Å². The first kappa shape index (κ1) is 17.7. The molecular weight excluding hydrogens is 354 g/mol. The van der Waals surface area contributed by atoms with E-state index in [9.17, 15) is 8.42 Å². The van der Waals surface area contributed by atoms with E-state index in [2.05, 4.69) is 9.83 Å². The second-order valence-electron chi connectivity index (χ2n) is 5.52. The normalized spacial score (nSPS) is 11.1. The van der Waals surface area contributed by atoms with E-state index in [4.69, 9.17) is 21.2 Å². The van der Waals surface area contributed by atoms with Crippen LogP contribution in [0.2, 0.25) is 0 Å². The van der Waals surface area contributed by atoms with Crippen LogP contribution in [0.3, 0.4) is 0 Å². The SMILES string of the molecule is [C-]#[N+]c1cc(CS(N)(=O)=O)ccc1Oc1ccnc2cc(OC)ccc12. The number of nitrogens with two attached hydrogens (primary N) is 1. The lowest BCUT2D eigenvalue weighted by atomic mass is 10.2. The predicted molar refractivity (Wildman–Crippen MR) is 97.9 cm³/mol. The molecule has 2 N–H and O–H groups in total. The van der Waals surface area contributed by atoms with Gasteiger partial charge < -0.3 is 9.47 Å². The van der Waals surface area contributed by atoms with E-state index in [1.54, 1.807) is 43.6 Å². The standard InChI is InChI=1S/C18H15N3O4S/c1-20-16-9-12(11-26(19,22)23)3-6-18(16)25-17-7-8-21-15-10-13(24-2)4-5-14(15)17/h3-10H,11H2,2H3,(H2,19,22,23). The summed E-state index contributed by atoms with van der Waals surface area (Å²) in [7, 11) is -2.10. The number of sulfonamides is 1. The fraction of sp³-hybridized carbons (Fsp3) is 0.111. The van der Waals surface area contributed by atoms with E-state index in [-0.39, 0.29) is 11.4 Å². The molecule has 0 aliphatic heterocycles. The molecule has 1 heterocycles. The summed E-state index contributed by atoms with van der Waals surface area (Å²) in [5, 5.41) is 5.81. The van der Waals surface area contributed by atoms with Crippen molar-refractivity contribution in [3.63, 3.8) is 0 Å². The minimum Gasteiger partial charge on any atom is -0.497 e. The van der Waals surface area contributed by atoms with Gasteiger partial charge in [0.1, 0.15) is 17.2 Å². The highest BCUT2D eigenvalue weighted by Crippen LogP contribution is 2.36. The molecule has 8 heteroatoms. The first-order valence-corrected chi connectivity index (χ1v) is 9.22. The number of hydrogen-bond donors (Lipinski definition) is 1. The Morgan fingerprint density at radius 3 is 2.65 bits per heavy atom. The summed E-state index contributed by atoms with van der Waals surface area (Å²) < 4.78 is 33.5. The smallest absolute Gasteiger partial charge is 0.229 e. The van der Waals surface area contributed by atoms with Crippen LogP contribution in [0.25, 0.3) is 15.7 Å². The van der Waals surface area contributed by atoms with Gasteiger partial charge in [0.15, 0.2) is 0 Å². The zero-order valence-electron chi connectivity index (χ0n) is 13.8. The van der Waals surface area contributed by atoms with Gasteiger partial charge in [0.25, 0.3) is 0 Å². The van der Waals surface area contributed by atoms with Gasteiger partial charge in [-0.05, 0) is 35.9 Å². The Morgan fingerprint density at radius 2 is 1.96 bits per heavy atom. The highest BCUT2D eigenvalue weighted by atomic mass is 32.2. The molecule has 7 nitrogen and oxygen atoms in total. The van der Waals surface area contributed by atoms with Crippen LogP contribution in [0.5, 0.6) is 17.2 Å². The number of ether oxygens (including phenoxy) is 2. The Balaban J connectivity index is 1.99. The number of benzene rings is 2. The molecule has 0 bridgehead atoms. The van der Waals surface area contributed by atoms with Crippen LogP contribution in [0, 0.1) is 6.57 Å². The van der Waals surface area contributed by atoms with E-state index >= 15 is 0 Å². The van der Waals surface area contributed by atoms with Crippen molar-refractivity contribution in [2.45, 2.75) is 5.75 Å². The average Bonchev–Trinajstić information content (AvgIpc) is 2.61. The molecule has 3 rings (SSSR count). The van der Waals surface area contributed by atoms with Gasteiger partial charge in [-0.1, -0.05) is 6.07 Å². The summed E-state index contributed by atoms with van der Waals surface area (Å²) in [6, 6.07) is 11.7. The third-order valence-corrected chi connectivity index (χ3v) is 4.38. The van der Waals surface area contributed by atoms with Crippen LogP contribution in [-0.4, -0.2) is 20.5 Å². The molecule has 26 heavy (non-hydrogen) atoms. The van der Waals surface area contributed by atoms with E-state index in [0.29, 0.717) is 28.3 Å². The molecule has 0 saturated heterocycles. The minimum atomic E-state index is -3.67. The number of pyridine rings is 1. The van der Waals surface area contributed by atoms with Crippen LogP contribution in [0.1, 0.15) is 5.56 Å². The fourth-order valence-electron chi connectivity index (χ4n) is 2.49. The first-order valence-electron chi connectivity index (χ1n) is 7.51. The summed E-state index contributed by atoms with van der Waals surface area (Å²) in [6.07, 6.45) is 1.60. The zero-order chi connectivity index (χ0) is 18.7. The van der Waals surface area contributed by atoms with Crippen molar-refractivity contribution in [1.82, 2.24) is 4.98 Å². The largest absolute Gasteiger partial charge is 0.497 e. The number of methoxy groups -OCH3 is 1. The van der Waals surface area contributed by atoms with E-state index < -0.39 is 10.0 Å². The van der Waals surface area contributed by atoms with Crippen molar-refractivity contribution >= 4 is 26.6 Å². The summed E-state index contributed by atoms with van der Waals surface area (Å²) in [5.74, 6) is 1.19. The van der Waals surface area contributed by atoms with Crippen molar-refractivity contribution in [1.29, 1.82) is 0 Å². The summed E-state index contributed by atoms with van der Waals surface area (Å²) in [6.45, 7) is 7.33. The Morgan fingerprint density at radius 1 is 1.15 bits per heavy atom. The van der Waals surface area contributed by atoms with Crippen molar-refractivity contribution in [3.05, 3.63) is 65.6 Å². The molecule has 0 aliphatic rings. The number of rotatable bonds is 5. The molecule has 0 amide bonds. The van der Waals surface area contributed by atoms with Gasteiger partial charge in [0.2, 0.25) is 15.7 Å². The predicted octanol–water partition coefficient (Wildman–Crippen LogP) is 3.37. The third-order valence-electron chi connectivity index (χ3n) is 3.64. The van der Waals surface area contributed by atoms with Crippen LogP contribution in [0.15, 0.2) is 48.7 Å². The lowest BCUT2D eigenvalue weighted by Crippen LogP contribution is -2.14. The summed E-state index contributed by atoms with van der Waals surface area (Å²) >= 11 is 0. The summed E-state index contributed by atoms with van der Waals surface area (Å²) in [5.41, 5.74) is 1.32. The second-order valence-corrected chi connectivity index (χ2v) is 7.13. The Labute approximate surface area is 150 Å². The molecule has 0 saturated carbocycles. The number of aromatic nitrogens is 1. The van der Waals surface area contributed by atoms with Gasteiger partial charge >= 0.3 is 0 Å². The topological polar surface area (TPSA) is 95.9 Å². The van der Waals surface area contributed by atoms with Crippen molar-refractivity contribution in [3.8, 4) is 17.2 Å². The van der Waals surface area contributed by atoms with Crippen LogP contribution in [0.4, 0.5) is 5.69 Å². The molecule has 0 spiro atoms. The van der Waals surface area contributed by atoms with Crippen molar-refractivity contribution in [2.24, 2.45) is 5.14 Å². The molecule has 2 aromatic carbocycles. The van der Waals surface area contributed by atoms with E-state index in [1.165, 1.54) is 6.07 Å². The average molecular weight is 369 g/mol. The maximum atomic E-state index is 11.2. The van der Waals surface area contributed by atoms with Crippen LogP contribution < -0.4 is 14.6 Å². The summed E-state index contributed by atoms with van der Waals surface area (Å²) in [4.78, 5) is 7.71. The maximum Gasteiger partial charge on any atom is 0.229 e. The first-order chi connectivity index (χ1) is 12.4. The van der Waals surface area contributed by atoms with Crippen molar-refractivity contribution < 1.29 is 17.9 Å². The molecule has 0 aliphatic carbocycles. The third kappa shape index (κ3) is 3.91. The van der Waals surface area contributed by atoms with Gasteiger partial charge in [-0.2, -0.15) is 0 Å². The van der Waals surface area contributed by atoms with Gasteiger partial charge in [0, 0.05) is 17.6 Å². The number of primary sulfonamides is 1. The van der Waals surface area contributed by atoms with Gasteiger partial charge in [-0.3, -0.25) is 4.98 Å². The lowest BCUT2D eigenvalue weighted by Gasteiger charge is -2.11. The molecular formula is C18H15N3O4S. The van der Waals surface area contributed by atoms with E-state index in [0.717, 1.165) is 5.39 Å². The second kappa shape index (κ2) is 7.00. The fourth-order valence-corrected chi connectivity index (χ4v) is 3.14. The highest BCUT2D eigenvalue weighted by molar-refractivity contribution is 7.88. The Bertz CT molecular complexity index is 1120. The van der Waals surface area contributed by atoms with Gasteiger partial charge in [0.05, 0.1) is 25.0 Å². The molecule has 0 atom stereocenters.